The van der Waals surface area contributed by atoms with E-state index in [1.807, 2.05) is 30.3 Å². The number of ether oxygens (including phenoxy) is 1. The van der Waals surface area contributed by atoms with Crippen molar-refractivity contribution in [3.05, 3.63) is 36.4 Å². The van der Waals surface area contributed by atoms with Gasteiger partial charge < -0.3 is 14.5 Å². The van der Waals surface area contributed by atoms with E-state index in [1.54, 1.807) is 13.2 Å². The van der Waals surface area contributed by atoms with E-state index >= 15 is 0 Å². The first-order valence-electron chi connectivity index (χ1n) is 10.3. The van der Waals surface area contributed by atoms with Crippen LogP contribution in [0.2, 0.25) is 0 Å². The number of fused-ring (bicyclic) bond motifs is 3. The van der Waals surface area contributed by atoms with Gasteiger partial charge in [0.05, 0.1) is 25.6 Å². The number of amides is 1. The third-order valence-electron chi connectivity index (χ3n) is 5.58. The molecule has 0 bridgehead atoms. The molecular weight excluding hydrogens is 418 g/mol. The third-order valence-corrected chi connectivity index (χ3v) is 6.27. The number of rotatable bonds is 7. The van der Waals surface area contributed by atoms with Gasteiger partial charge in [0.15, 0.2) is 0 Å². The van der Waals surface area contributed by atoms with Gasteiger partial charge in [-0.2, -0.15) is 0 Å². The number of sulfonamides is 1. The molecule has 1 saturated heterocycles. The van der Waals surface area contributed by atoms with Crippen molar-refractivity contribution in [1.29, 1.82) is 0 Å². The van der Waals surface area contributed by atoms with Gasteiger partial charge in [-0.05, 0) is 37.4 Å². The maximum absolute atomic E-state index is 12.7. The van der Waals surface area contributed by atoms with Crippen LogP contribution in [0.4, 0.5) is 5.69 Å². The van der Waals surface area contributed by atoms with Gasteiger partial charge in [-0.25, -0.2) is 13.1 Å². The topological polar surface area (TPSA) is 101 Å². The molecule has 3 aromatic rings. The fourth-order valence-electron chi connectivity index (χ4n) is 4.14. The fraction of sp³-hybridized carbons (Fsp3) is 0.409. The van der Waals surface area contributed by atoms with Crippen LogP contribution in [0.5, 0.6) is 5.75 Å². The molecule has 2 heterocycles. The number of carbonyl (C=O) groups excluding carboxylic acids is 1. The average molecular weight is 446 g/mol. The molecule has 0 saturated carbocycles. The summed E-state index contributed by atoms with van der Waals surface area (Å²) in [7, 11) is -1.64. The molecule has 1 aliphatic heterocycles. The molecule has 166 valence electrons. The monoisotopic (exact) mass is 445 g/mol. The molecule has 0 unspecified atom stereocenters. The molecule has 0 aliphatic carbocycles. The lowest BCUT2D eigenvalue weighted by Gasteiger charge is -2.32. The Kier molecular flexibility index (Phi) is 6.17. The highest BCUT2D eigenvalue weighted by Crippen LogP contribution is 2.36. The second-order valence-corrected chi connectivity index (χ2v) is 9.89. The second kappa shape index (κ2) is 8.86. The van der Waals surface area contributed by atoms with Crippen LogP contribution in [-0.2, 0) is 14.8 Å². The molecule has 9 heteroatoms. The maximum Gasteiger partial charge on any atom is 0.238 e. The SMILES string of the molecule is COc1cc2c(cc1NC(=O)CN1CCC[C@@H](CNS(C)(=O)=O)C1)oc1ccccc12. The van der Waals surface area contributed by atoms with Gasteiger partial charge in [0.1, 0.15) is 16.9 Å². The summed E-state index contributed by atoms with van der Waals surface area (Å²) in [5.74, 6) is 0.615. The van der Waals surface area contributed by atoms with Gasteiger partial charge in [-0.1, -0.05) is 18.2 Å². The predicted octanol–water partition coefficient (Wildman–Crippen LogP) is 2.79. The lowest BCUT2D eigenvalue weighted by Crippen LogP contribution is -2.43. The predicted molar refractivity (Wildman–Crippen MR) is 121 cm³/mol. The zero-order valence-electron chi connectivity index (χ0n) is 17.7. The first kappa shape index (κ1) is 21.6. The van der Waals surface area contributed by atoms with Gasteiger partial charge in [-0.15, -0.1) is 0 Å². The Hall–Kier alpha value is -2.62. The highest BCUT2D eigenvalue weighted by Gasteiger charge is 2.23. The number of anilines is 1. The third kappa shape index (κ3) is 5.17. The minimum atomic E-state index is -3.21. The zero-order chi connectivity index (χ0) is 22.0. The number of hydrogen-bond acceptors (Lipinski definition) is 6. The molecule has 4 rings (SSSR count). The standard InChI is InChI=1S/C22H27N3O5S/c1-29-21-10-17-16-7-3-4-8-19(16)30-20(17)11-18(21)24-22(26)14-25-9-5-6-15(13-25)12-23-31(2,27)28/h3-4,7-8,10-11,15,23H,5-6,9,12-14H2,1-2H3,(H,24,26)/t15-/m0/s1. The van der Waals surface area contributed by atoms with Gasteiger partial charge in [0.2, 0.25) is 15.9 Å². The summed E-state index contributed by atoms with van der Waals surface area (Å²) in [6.45, 7) is 2.11. The Labute approximate surface area is 181 Å². The summed E-state index contributed by atoms with van der Waals surface area (Å²) in [5, 5.41) is 4.87. The minimum absolute atomic E-state index is 0.148. The maximum atomic E-state index is 12.7. The molecule has 2 aromatic carbocycles. The highest BCUT2D eigenvalue weighted by molar-refractivity contribution is 7.88. The number of nitrogens with zero attached hydrogens (tertiary/aromatic N) is 1. The van der Waals surface area contributed by atoms with Crippen molar-refractivity contribution in [2.24, 2.45) is 5.92 Å². The molecule has 0 radical (unpaired) electrons. The van der Waals surface area contributed by atoms with E-state index in [0.29, 0.717) is 30.1 Å². The van der Waals surface area contributed by atoms with Gasteiger partial charge >= 0.3 is 0 Å². The smallest absolute Gasteiger partial charge is 0.238 e. The quantitative estimate of drug-likeness (QED) is 0.580. The summed E-state index contributed by atoms with van der Waals surface area (Å²) in [4.78, 5) is 14.8. The van der Waals surface area contributed by atoms with Crippen molar-refractivity contribution in [2.45, 2.75) is 12.8 Å². The molecule has 8 nitrogen and oxygen atoms in total. The van der Waals surface area contributed by atoms with Crippen LogP contribution in [-0.4, -0.2) is 58.8 Å². The molecule has 1 fully saturated rings. The molecular formula is C22H27N3O5S. The van der Waals surface area contributed by atoms with Crippen LogP contribution >= 0.6 is 0 Å². The first-order valence-corrected chi connectivity index (χ1v) is 12.2. The van der Waals surface area contributed by atoms with Crippen LogP contribution in [0, 0.1) is 5.92 Å². The minimum Gasteiger partial charge on any atom is -0.495 e. The Balaban J connectivity index is 1.44. The number of methoxy groups -OCH3 is 1. The van der Waals surface area contributed by atoms with E-state index < -0.39 is 10.0 Å². The van der Waals surface area contributed by atoms with Crippen molar-refractivity contribution in [3.8, 4) is 5.75 Å². The number of benzene rings is 2. The summed E-state index contributed by atoms with van der Waals surface area (Å²) in [5.41, 5.74) is 2.03. The summed E-state index contributed by atoms with van der Waals surface area (Å²) in [6, 6.07) is 11.4. The van der Waals surface area contributed by atoms with E-state index in [9.17, 15) is 13.2 Å². The van der Waals surface area contributed by atoms with Gasteiger partial charge in [-0.3, -0.25) is 9.69 Å². The average Bonchev–Trinajstić information content (AvgIpc) is 3.08. The number of carbonyl (C=O) groups is 1. The summed E-state index contributed by atoms with van der Waals surface area (Å²) < 4.78 is 36.7. The van der Waals surface area contributed by atoms with E-state index in [1.165, 1.54) is 0 Å². The molecule has 31 heavy (non-hydrogen) atoms. The molecule has 2 N–H and O–H groups in total. The van der Waals surface area contributed by atoms with E-state index in [-0.39, 0.29) is 18.4 Å². The fourth-order valence-corrected chi connectivity index (χ4v) is 4.68. The Morgan fingerprint density at radius 3 is 2.81 bits per heavy atom. The highest BCUT2D eigenvalue weighted by atomic mass is 32.2. The lowest BCUT2D eigenvalue weighted by molar-refractivity contribution is -0.117. The Morgan fingerprint density at radius 1 is 1.23 bits per heavy atom. The number of hydrogen-bond donors (Lipinski definition) is 2. The number of likely N-dealkylation sites (tertiary alicyclic amines) is 1. The van der Waals surface area contributed by atoms with E-state index in [2.05, 4.69) is 14.9 Å². The van der Waals surface area contributed by atoms with Gasteiger partial charge in [0, 0.05) is 29.9 Å². The number of nitrogens with one attached hydrogen (secondary N) is 2. The Bertz CT molecular complexity index is 1200. The first-order chi connectivity index (χ1) is 14.8. The largest absolute Gasteiger partial charge is 0.495 e. The normalized spacial score (nSPS) is 17.8. The molecule has 1 aromatic heterocycles. The van der Waals surface area contributed by atoms with Crippen molar-refractivity contribution >= 4 is 43.6 Å². The lowest BCUT2D eigenvalue weighted by atomic mass is 9.98. The van der Waals surface area contributed by atoms with Crippen molar-refractivity contribution in [2.75, 3.05) is 44.9 Å². The number of furan rings is 1. The molecule has 0 spiro atoms. The number of piperidine rings is 1. The van der Waals surface area contributed by atoms with Crippen LogP contribution in [0.25, 0.3) is 21.9 Å². The summed E-state index contributed by atoms with van der Waals surface area (Å²) >= 11 is 0. The zero-order valence-corrected chi connectivity index (χ0v) is 18.5. The molecule has 1 aliphatic rings. The van der Waals surface area contributed by atoms with Crippen molar-refractivity contribution < 1.29 is 22.4 Å². The second-order valence-electron chi connectivity index (χ2n) is 8.06. The van der Waals surface area contributed by atoms with Crippen LogP contribution in [0.1, 0.15) is 12.8 Å². The van der Waals surface area contributed by atoms with E-state index in [4.69, 9.17) is 9.15 Å². The van der Waals surface area contributed by atoms with Crippen LogP contribution < -0.4 is 14.8 Å². The molecule has 1 atom stereocenters. The van der Waals surface area contributed by atoms with Crippen molar-refractivity contribution in [3.63, 3.8) is 0 Å². The van der Waals surface area contributed by atoms with E-state index in [0.717, 1.165) is 42.0 Å². The van der Waals surface area contributed by atoms with Crippen LogP contribution in [0.3, 0.4) is 0 Å². The molecule has 1 amide bonds. The van der Waals surface area contributed by atoms with Gasteiger partial charge in [0.25, 0.3) is 0 Å². The van der Waals surface area contributed by atoms with Crippen LogP contribution in [0.15, 0.2) is 40.8 Å². The Morgan fingerprint density at radius 2 is 2.03 bits per heavy atom. The van der Waals surface area contributed by atoms with Crippen molar-refractivity contribution in [1.82, 2.24) is 9.62 Å². The number of para-hydroxylation sites is 1. The summed E-state index contributed by atoms with van der Waals surface area (Å²) in [6.07, 6.45) is 3.03.